The fraction of sp³-hybridized carbons (Fsp3) is 0.857. The van der Waals surface area contributed by atoms with E-state index in [0.717, 1.165) is 12.5 Å². The van der Waals surface area contributed by atoms with Gasteiger partial charge in [-0.15, -0.1) is 0 Å². The Morgan fingerprint density at radius 2 is 2.30 bits per heavy atom. The molecule has 0 aromatic heterocycles. The Balaban J connectivity index is 1.94. The number of nitrogens with two attached hydrogens (primary N) is 1. The number of rotatable bonds is 1. The zero-order valence-electron chi connectivity index (χ0n) is 5.92. The molecular weight excluding hydrogens is 128 g/mol. The first-order valence-electron chi connectivity index (χ1n) is 3.82. The third-order valence-corrected chi connectivity index (χ3v) is 2.39. The van der Waals surface area contributed by atoms with E-state index < -0.39 is 0 Å². The van der Waals surface area contributed by atoms with Crippen LogP contribution < -0.4 is 5.73 Å². The Morgan fingerprint density at radius 3 is 2.70 bits per heavy atom. The highest BCUT2D eigenvalue weighted by Gasteiger charge is 2.30. The average molecular weight is 140 g/mol. The van der Waals surface area contributed by atoms with Gasteiger partial charge in [0, 0.05) is 0 Å². The van der Waals surface area contributed by atoms with Crippen LogP contribution in [0.3, 0.4) is 0 Å². The van der Waals surface area contributed by atoms with Gasteiger partial charge in [-0.05, 0) is 18.8 Å². The van der Waals surface area contributed by atoms with E-state index in [1.165, 1.54) is 19.3 Å². The first kappa shape index (κ1) is 6.01. The van der Waals surface area contributed by atoms with Crippen molar-refractivity contribution in [3.8, 4) is 0 Å². The van der Waals surface area contributed by atoms with E-state index in [4.69, 9.17) is 10.5 Å². The van der Waals surface area contributed by atoms with Crippen LogP contribution in [-0.2, 0) is 4.74 Å². The van der Waals surface area contributed by atoms with Crippen molar-refractivity contribution in [1.82, 2.24) is 0 Å². The highest BCUT2D eigenvalue weighted by molar-refractivity contribution is 5.73. The lowest BCUT2D eigenvalue weighted by molar-refractivity contribution is 0.212. The zero-order chi connectivity index (χ0) is 6.97. The van der Waals surface area contributed by atoms with Crippen LogP contribution in [-0.4, -0.2) is 18.7 Å². The van der Waals surface area contributed by atoms with Crippen molar-refractivity contribution in [3.05, 3.63) is 0 Å². The van der Waals surface area contributed by atoms with Gasteiger partial charge >= 0.3 is 0 Å². The topological polar surface area (TPSA) is 47.6 Å². The van der Waals surface area contributed by atoms with Gasteiger partial charge in [0.05, 0.1) is 6.04 Å². The Labute approximate surface area is 60.3 Å². The van der Waals surface area contributed by atoms with Crippen molar-refractivity contribution < 1.29 is 4.74 Å². The molecule has 2 N–H and O–H groups in total. The summed E-state index contributed by atoms with van der Waals surface area (Å²) in [4.78, 5) is 4.18. The van der Waals surface area contributed by atoms with Gasteiger partial charge in [-0.2, -0.15) is 0 Å². The molecule has 1 atom stereocenters. The molecule has 3 nitrogen and oxygen atoms in total. The molecule has 3 heteroatoms. The summed E-state index contributed by atoms with van der Waals surface area (Å²) in [5.74, 6) is 0.765. The van der Waals surface area contributed by atoms with E-state index in [0.29, 0.717) is 12.1 Å². The number of hydrogen-bond donors (Lipinski definition) is 1. The summed E-state index contributed by atoms with van der Waals surface area (Å²) < 4.78 is 5.05. The second-order valence-corrected chi connectivity index (χ2v) is 3.04. The number of hydrogen-bond acceptors (Lipinski definition) is 3. The lowest BCUT2D eigenvalue weighted by Crippen LogP contribution is -2.26. The predicted octanol–water partition coefficient (Wildman–Crippen LogP) is 0.500. The molecule has 1 unspecified atom stereocenters. The molecule has 0 saturated heterocycles. The van der Waals surface area contributed by atoms with E-state index >= 15 is 0 Å². The molecule has 1 saturated carbocycles. The Morgan fingerprint density at radius 1 is 1.50 bits per heavy atom. The zero-order valence-corrected chi connectivity index (χ0v) is 5.92. The molecule has 0 spiro atoms. The van der Waals surface area contributed by atoms with Crippen LogP contribution in [0.2, 0.25) is 0 Å². The van der Waals surface area contributed by atoms with Crippen LogP contribution in [0.5, 0.6) is 0 Å². The van der Waals surface area contributed by atoms with Crippen LogP contribution in [0.4, 0.5) is 0 Å². The summed E-state index contributed by atoms with van der Waals surface area (Å²) in [5, 5.41) is 0. The number of aliphatic imine (C=N–C) groups is 1. The quantitative estimate of drug-likeness (QED) is 0.576. The molecule has 0 aromatic rings. The lowest BCUT2D eigenvalue weighted by atomic mass is 9.80. The minimum Gasteiger partial charge on any atom is -0.463 e. The van der Waals surface area contributed by atoms with Crippen molar-refractivity contribution in [3.63, 3.8) is 0 Å². The average Bonchev–Trinajstić information content (AvgIpc) is 2.10. The normalized spacial score (nSPS) is 32.8. The minimum absolute atomic E-state index is 0.383. The fourth-order valence-corrected chi connectivity index (χ4v) is 1.47. The molecule has 2 aliphatic rings. The van der Waals surface area contributed by atoms with E-state index in [-0.39, 0.29) is 0 Å². The van der Waals surface area contributed by atoms with Crippen LogP contribution in [0.1, 0.15) is 19.3 Å². The molecule has 10 heavy (non-hydrogen) atoms. The van der Waals surface area contributed by atoms with E-state index in [9.17, 15) is 0 Å². The van der Waals surface area contributed by atoms with Gasteiger partial charge in [0.1, 0.15) is 6.61 Å². The third kappa shape index (κ3) is 0.856. The van der Waals surface area contributed by atoms with Gasteiger partial charge in [0.25, 0.3) is 6.02 Å². The highest BCUT2D eigenvalue weighted by Crippen LogP contribution is 2.32. The molecule has 1 aliphatic carbocycles. The van der Waals surface area contributed by atoms with Crippen LogP contribution >= 0.6 is 0 Å². The van der Waals surface area contributed by atoms with Crippen LogP contribution in [0.25, 0.3) is 0 Å². The van der Waals surface area contributed by atoms with Crippen molar-refractivity contribution in [1.29, 1.82) is 0 Å². The molecule has 0 amide bonds. The maximum absolute atomic E-state index is 5.37. The third-order valence-electron chi connectivity index (χ3n) is 2.39. The highest BCUT2D eigenvalue weighted by atomic mass is 16.5. The fourth-order valence-electron chi connectivity index (χ4n) is 1.47. The van der Waals surface area contributed by atoms with Gasteiger partial charge in [-0.1, -0.05) is 6.42 Å². The van der Waals surface area contributed by atoms with Crippen molar-refractivity contribution >= 4 is 6.02 Å². The Hall–Kier alpha value is -0.730. The maximum atomic E-state index is 5.37. The molecule has 0 bridgehead atoms. The number of ether oxygens (including phenoxy) is 1. The second kappa shape index (κ2) is 2.15. The lowest BCUT2D eigenvalue weighted by Gasteiger charge is -2.27. The molecule has 2 rings (SSSR count). The largest absolute Gasteiger partial charge is 0.463 e. The SMILES string of the molecule is NC1=NC(C2CCC2)CO1. The minimum atomic E-state index is 0.383. The summed E-state index contributed by atoms with van der Waals surface area (Å²) in [6.07, 6.45) is 3.98. The summed E-state index contributed by atoms with van der Waals surface area (Å²) in [5.41, 5.74) is 5.37. The van der Waals surface area contributed by atoms with Crippen LogP contribution in [0.15, 0.2) is 4.99 Å². The molecule has 1 aliphatic heterocycles. The number of nitrogens with zero attached hydrogens (tertiary/aromatic N) is 1. The van der Waals surface area contributed by atoms with E-state index in [1.807, 2.05) is 0 Å². The number of amidine groups is 1. The van der Waals surface area contributed by atoms with E-state index in [2.05, 4.69) is 4.99 Å². The molecular formula is C7H12N2O. The van der Waals surface area contributed by atoms with Crippen molar-refractivity contribution in [2.24, 2.45) is 16.6 Å². The van der Waals surface area contributed by atoms with Crippen LogP contribution in [0, 0.1) is 5.92 Å². The first-order valence-corrected chi connectivity index (χ1v) is 3.82. The summed E-state index contributed by atoms with van der Waals surface area (Å²) >= 11 is 0. The standard InChI is InChI=1S/C7H12N2O/c8-7-9-6(4-10-7)5-2-1-3-5/h5-6H,1-4H2,(H2,8,9). The monoisotopic (exact) mass is 140 g/mol. The predicted molar refractivity (Wildman–Crippen MR) is 38.7 cm³/mol. The molecule has 0 radical (unpaired) electrons. The summed E-state index contributed by atoms with van der Waals surface area (Å²) in [6, 6.07) is 0.769. The molecule has 56 valence electrons. The van der Waals surface area contributed by atoms with E-state index in [1.54, 1.807) is 0 Å². The second-order valence-electron chi connectivity index (χ2n) is 3.04. The maximum Gasteiger partial charge on any atom is 0.282 e. The summed E-state index contributed by atoms with van der Waals surface area (Å²) in [7, 11) is 0. The Kier molecular flexibility index (Phi) is 1.29. The Bertz CT molecular complexity index is 163. The van der Waals surface area contributed by atoms with Crippen molar-refractivity contribution in [2.75, 3.05) is 6.61 Å². The van der Waals surface area contributed by atoms with Crippen molar-refractivity contribution in [2.45, 2.75) is 25.3 Å². The summed E-state index contributed by atoms with van der Waals surface area (Å²) in [6.45, 7) is 0.719. The van der Waals surface area contributed by atoms with Gasteiger partial charge < -0.3 is 10.5 Å². The van der Waals surface area contributed by atoms with Gasteiger partial charge in [0.2, 0.25) is 0 Å². The molecule has 1 heterocycles. The first-order chi connectivity index (χ1) is 4.86. The smallest absolute Gasteiger partial charge is 0.282 e. The molecule has 1 fully saturated rings. The van der Waals surface area contributed by atoms with Gasteiger partial charge in [0.15, 0.2) is 0 Å². The molecule has 0 aromatic carbocycles. The van der Waals surface area contributed by atoms with Gasteiger partial charge in [-0.25, -0.2) is 4.99 Å². The van der Waals surface area contributed by atoms with Gasteiger partial charge in [-0.3, -0.25) is 0 Å².